The maximum Gasteiger partial charge on any atom is 0.119 e. The Morgan fingerprint density at radius 1 is 1.33 bits per heavy atom. The lowest BCUT2D eigenvalue weighted by atomic mass is 10.2. The Kier molecular flexibility index (Phi) is 5.39. The van der Waals surface area contributed by atoms with Gasteiger partial charge in [-0.1, -0.05) is 26.0 Å². The van der Waals surface area contributed by atoms with Gasteiger partial charge >= 0.3 is 0 Å². The first-order valence-corrected chi connectivity index (χ1v) is 7.45. The van der Waals surface area contributed by atoms with Crippen molar-refractivity contribution in [3.8, 4) is 5.75 Å². The molecule has 1 heterocycles. The molecular formula is C17H25N3O. The third kappa shape index (κ3) is 4.33. The van der Waals surface area contributed by atoms with Crippen LogP contribution < -0.4 is 10.1 Å². The molecule has 0 bridgehead atoms. The maximum absolute atomic E-state index is 5.26. The van der Waals surface area contributed by atoms with E-state index >= 15 is 0 Å². The predicted molar refractivity (Wildman–Crippen MR) is 85.6 cm³/mol. The number of hydrogen-bond donors (Lipinski definition) is 1. The Balaban J connectivity index is 2.02. The van der Waals surface area contributed by atoms with Gasteiger partial charge in [-0.3, -0.25) is 4.68 Å². The molecule has 1 aromatic carbocycles. The van der Waals surface area contributed by atoms with Crippen LogP contribution >= 0.6 is 0 Å². The average molecular weight is 287 g/mol. The molecule has 0 saturated carbocycles. The summed E-state index contributed by atoms with van der Waals surface area (Å²) in [5, 5.41) is 7.96. The van der Waals surface area contributed by atoms with Gasteiger partial charge in [0.25, 0.3) is 0 Å². The number of ether oxygens (including phenoxy) is 1. The molecule has 1 aromatic heterocycles. The van der Waals surface area contributed by atoms with Gasteiger partial charge in [-0.2, -0.15) is 5.10 Å². The normalized spacial score (nSPS) is 11.1. The highest BCUT2D eigenvalue weighted by molar-refractivity contribution is 5.29. The minimum absolute atomic E-state index is 0.664. The SMILES string of the molecule is COc1cccc(Cn2ncc(CNCC(C)C)c2C)c1. The van der Waals surface area contributed by atoms with E-state index < -0.39 is 0 Å². The van der Waals surface area contributed by atoms with Crippen LogP contribution in [0.5, 0.6) is 5.75 Å². The van der Waals surface area contributed by atoms with Gasteiger partial charge in [-0.25, -0.2) is 0 Å². The lowest BCUT2D eigenvalue weighted by molar-refractivity contribution is 0.414. The van der Waals surface area contributed by atoms with E-state index in [1.54, 1.807) is 7.11 Å². The summed E-state index contributed by atoms with van der Waals surface area (Å²) in [6.07, 6.45) is 1.96. The zero-order valence-electron chi connectivity index (χ0n) is 13.4. The Hall–Kier alpha value is -1.81. The molecule has 4 nitrogen and oxygen atoms in total. The standard InChI is InChI=1S/C17H25N3O/c1-13(2)9-18-10-16-11-19-20(14(16)3)12-15-6-5-7-17(8-15)21-4/h5-8,11,13,18H,9-10,12H2,1-4H3. The average Bonchev–Trinajstić information content (AvgIpc) is 2.80. The number of nitrogens with one attached hydrogen (secondary N) is 1. The van der Waals surface area contributed by atoms with Gasteiger partial charge in [0.2, 0.25) is 0 Å². The molecule has 0 radical (unpaired) electrons. The largest absolute Gasteiger partial charge is 0.497 e. The second kappa shape index (κ2) is 7.27. The first-order chi connectivity index (χ1) is 10.1. The molecule has 21 heavy (non-hydrogen) atoms. The van der Waals surface area contributed by atoms with Gasteiger partial charge in [-0.05, 0) is 37.1 Å². The molecule has 0 aliphatic heterocycles. The lowest BCUT2D eigenvalue weighted by Crippen LogP contribution is -2.19. The smallest absolute Gasteiger partial charge is 0.119 e. The number of rotatable bonds is 7. The zero-order chi connectivity index (χ0) is 15.2. The molecule has 0 unspecified atom stereocenters. The van der Waals surface area contributed by atoms with Crippen LogP contribution in [0.25, 0.3) is 0 Å². The minimum atomic E-state index is 0.664. The maximum atomic E-state index is 5.26. The summed E-state index contributed by atoms with van der Waals surface area (Å²) in [4.78, 5) is 0. The van der Waals surface area contributed by atoms with Gasteiger partial charge in [0.05, 0.1) is 19.9 Å². The van der Waals surface area contributed by atoms with Crippen molar-refractivity contribution in [2.45, 2.75) is 33.9 Å². The molecule has 0 atom stereocenters. The summed E-state index contributed by atoms with van der Waals surface area (Å²) in [5.74, 6) is 1.55. The molecule has 0 spiro atoms. The number of methoxy groups -OCH3 is 1. The van der Waals surface area contributed by atoms with Gasteiger partial charge in [0.1, 0.15) is 5.75 Å². The molecule has 0 aliphatic carbocycles. The topological polar surface area (TPSA) is 39.1 Å². The summed E-state index contributed by atoms with van der Waals surface area (Å²) < 4.78 is 7.31. The molecule has 1 N–H and O–H groups in total. The monoisotopic (exact) mass is 287 g/mol. The summed E-state index contributed by atoms with van der Waals surface area (Å²) in [7, 11) is 1.69. The van der Waals surface area contributed by atoms with E-state index in [-0.39, 0.29) is 0 Å². The molecule has 4 heteroatoms. The molecule has 0 aliphatic rings. The van der Waals surface area contributed by atoms with E-state index in [0.717, 1.165) is 25.4 Å². The van der Waals surface area contributed by atoms with Crippen LogP contribution in [0, 0.1) is 12.8 Å². The molecule has 0 saturated heterocycles. The van der Waals surface area contributed by atoms with Crippen molar-refractivity contribution in [1.82, 2.24) is 15.1 Å². The Morgan fingerprint density at radius 2 is 2.14 bits per heavy atom. The number of aromatic nitrogens is 2. The second-order valence-corrected chi connectivity index (χ2v) is 5.79. The highest BCUT2D eigenvalue weighted by Gasteiger charge is 2.07. The van der Waals surface area contributed by atoms with Crippen molar-refractivity contribution in [3.63, 3.8) is 0 Å². The number of nitrogens with zero attached hydrogens (tertiary/aromatic N) is 2. The summed E-state index contributed by atoms with van der Waals surface area (Å²) in [6.45, 7) is 9.23. The van der Waals surface area contributed by atoms with Crippen LogP contribution in [0.3, 0.4) is 0 Å². The Bertz CT molecular complexity index is 575. The van der Waals surface area contributed by atoms with Crippen LogP contribution in [0.1, 0.15) is 30.7 Å². The predicted octanol–water partition coefficient (Wildman–Crippen LogP) is 2.99. The molecule has 0 amide bonds. The molecule has 2 aromatic rings. The van der Waals surface area contributed by atoms with Crippen molar-refractivity contribution in [1.29, 1.82) is 0 Å². The van der Waals surface area contributed by atoms with E-state index in [2.05, 4.69) is 43.3 Å². The summed E-state index contributed by atoms with van der Waals surface area (Å²) in [6, 6.07) is 8.12. The van der Waals surface area contributed by atoms with Crippen LogP contribution in [0.15, 0.2) is 30.5 Å². The fourth-order valence-electron chi connectivity index (χ4n) is 2.26. The fourth-order valence-corrected chi connectivity index (χ4v) is 2.26. The molecular weight excluding hydrogens is 262 g/mol. The number of benzene rings is 1. The van der Waals surface area contributed by atoms with Crippen LogP contribution in [-0.4, -0.2) is 23.4 Å². The van der Waals surface area contributed by atoms with Crippen molar-refractivity contribution < 1.29 is 4.74 Å². The van der Waals surface area contributed by atoms with Gasteiger partial charge in [-0.15, -0.1) is 0 Å². The van der Waals surface area contributed by atoms with Crippen LogP contribution in [0.2, 0.25) is 0 Å². The van der Waals surface area contributed by atoms with E-state index in [1.165, 1.54) is 16.8 Å². The van der Waals surface area contributed by atoms with Crippen molar-refractivity contribution in [2.75, 3.05) is 13.7 Å². The van der Waals surface area contributed by atoms with E-state index in [4.69, 9.17) is 4.74 Å². The first-order valence-electron chi connectivity index (χ1n) is 7.45. The van der Waals surface area contributed by atoms with E-state index in [1.807, 2.05) is 23.0 Å². The Labute approximate surface area is 127 Å². The van der Waals surface area contributed by atoms with Crippen LogP contribution in [-0.2, 0) is 13.1 Å². The molecule has 114 valence electrons. The summed E-state index contributed by atoms with van der Waals surface area (Å²) >= 11 is 0. The molecule has 2 rings (SSSR count). The minimum Gasteiger partial charge on any atom is -0.497 e. The highest BCUT2D eigenvalue weighted by Crippen LogP contribution is 2.15. The third-order valence-electron chi connectivity index (χ3n) is 3.54. The fraction of sp³-hybridized carbons (Fsp3) is 0.471. The number of hydrogen-bond acceptors (Lipinski definition) is 3. The first kappa shape index (κ1) is 15.6. The third-order valence-corrected chi connectivity index (χ3v) is 3.54. The van der Waals surface area contributed by atoms with Gasteiger partial charge < -0.3 is 10.1 Å². The Morgan fingerprint density at radius 3 is 2.86 bits per heavy atom. The van der Waals surface area contributed by atoms with Crippen molar-refractivity contribution in [2.24, 2.45) is 5.92 Å². The van der Waals surface area contributed by atoms with Gasteiger partial charge in [0, 0.05) is 17.8 Å². The zero-order valence-corrected chi connectivity index (χ0v) is 13.4. The molecule has 0 fully saturated rings. The highest BCUT2D eigenvalue weighted by atomic mass is 16.5. The van der Waals surface area contributed by atoms with E-state index in [9.17, 15) is 0 Å². The van der Waals surface area contributed by atoms with Crippen LogP contribution in [0.4, 0.5) is 0 Å². The van der Waals surface area contributed by atoms with Gasteiger partial charge in [0.15, 0.2) is 0 Å². The lowest BCUT2D eigenvalue weighted by Gasteiger charge is -2.09. The van der Waals surface area contributed by atoms with E-state index in [0.29, 0.717) is 5.92 Å². The quantitative estimate of drug-likeness (QED) is 0.851. The second-order valence-electron chi connectivity index (χ2n) is 5.79. The van der Waals surface area contributed by atoms with Crippen molar-refractivity contribution in [3.05, 3.63) is 47.3 Å². The van der Waals surface area contributed by atoms with Crippen molar-refractivity contribution >= 4 is 0 Å². The summed E-state index contributed by atoms with van der Waals surface area (Å²) in [5.41, 5.74) is 3.68.